The van der Waals surface area contributed by atoms with E-state index in [1.165, 1.54) is 0 Å². The van der Waals surface area contributed by atoms with Crippen molar-refractivity contribution in [3.63, 3.8) is 0 Å². The van der Waals surface area contributed by atoms with Gasteiger partial charge in [0.2, 0.25) is 5.89 Å². The minimum atomic E-state index is -0.0480. The molecule has 7 heteroatoms. The molecule has 1 aliphatic heterocycles. The molecule has 1 N–H and O–H groups in total. The van der Waals surface area contributed by atoms with Gasteiger partial charge in [-0.1, -0.05) is 35.5 Å². The average molecular weight is 329 g/mol. The number of hydrogen-bond acceptors (Lipinski definition) is 5. The highest BCUT2D eigenvalue weighted by Crippen LogP contribution is 2.24. The molecule has 1 aromatic carbocycles. The fraction of sp³-hybridized carbons (Fsp3) is 0.471. The molecule has 0 radical (unpaired) electrons. The van der Waals surface area contributed by atoms with E-state index in [9.17, 15) is 4.79 Å². The van der Waals surface area contributed by atoms with Crippen molar-refractivity contribution in [3.05, 3.63) is 47.6 Å². The number of aryl methyl sites for hydroxylation is 1. The molecule has 2 amide bonds. The summed E-state index contributed by atoms with van der Waals surface area (Å²) in [5, 5.41) is 6.71. The monoisotopic (exact) mass is 329 g/mol. The van der Waals surface area contributed by atoms with Gasteiger partial charge in [-0.15, -0.1) is 0 Å². The van der Waals surface area contributed by atoms with Crippen molar-refractivity contribution >= 4 is 6.03 Å². The van der Waals surface area contributed by atoms with Gasteiger partial charge in [0.15, 0.2) is 5.82 Å². The first-order valence-corrected chi connectivity index (χ1v) is 8.20. The lowest BCUT2D eigenvalue weighted by molar-refractivity contribution is 0.109. The van der Waals surface area contributed by atoms with E-state index >= 15 is 0 Å². The molecule has 1 aromatic heterocycles. The number of nitrogens with one attached hydrogen (secondary N) is 1. The third-order valence-corrected chi connectivity index (χ3v) is 4.21. The summed E-state index contributed by atoms with van der Waals surface area (Å²) < 4.78 is 5.06. The van der Waals surface area contributed by atoms with Gasteiger partial charge >= 0.3 is 6.03 Å². The van der Waals surface area contributed by atoms with Crippen molar-refractivity contribution in [1.82, 2.24) is 25.3 Å². The third-order valence-electron chi connectivity index (χ3n) is 4.21. The number of carbonyl (C=O) groups is 1. The predicted molar refractivity (Wildman–Crippen MR) is 89.5 cm³/mol. The van der Waals surface area contributed by atoms with Crippen molar-refractivity contribution < 1.29 is 9.32 Å². The average Bonchev–Trinajstić information content (AvgIpc) is 3.01. The Morgan fingerprint density at radius 3 is 2.83 bits per heavy atom. The van der Waals surface area contributed by atoms with Gasteiger partial charge in [0, 0.05) is 32.6 Å². The number of benzene rings is 1. The Morgan fingerprint density at radius 1 is 1.33 bits per heavy atom. The number of amides is 2. The largest absolute Gasteiger partial charge is 0.339 e. The summed E-state index contributed by atoms with van der Waals surface area (Å²) in [5.74, 6) is 1.16. The molecule has 1 unspecified atom stereocenters. The van der Waals surface area contributed by atoms with Crippen LogP contribution in [0.1, 0.15) is 23.3 Å². The number of rotatable bonds is 4. The van der Waals surface area contributed by atoms with E-state index in [1.807, 2.05) is 23.1 Å². The molecule has 1 fully saturated rings. The van der Waals surface area contributed by atoms with Crippen LogP contribution in [0.2, 0.25) is 0 Å². The maximum Gasteiger partial charge on any atom is 0.318 e. The van der Waals surface area contributed by atoms with Crippen LogP contribution in [-0.4, -0.2) is 59.2 Å². The molecular weight excluding hydrogens is 306 g/mol. The maximum absolute atomic E-state index is 12.6. The van der Waals surface area contributed by atoms with Gasteiger partial charge in [0.1, 0.15) is 0 Å². The van der Waals surface area contributed by atoms with Gasteiger partial charge in [0.05, 0.1) is 6.04 Å². The Labute approximate surface area is 141 Å². The Kier molecular flexibility index (Phi) is 5.10. The smallest absolute Gasteiger partial charge is 0.318 e. The van der Waals surface area contributed by atoms with Crippen LogP contribution in [0, 0.1) is 6.92 Å². The van der Waals surface area contributed by atoms with Gasteiger partial charge in [-0.2, -0.15) is 4.98 Å². The van der Waals surface area contributed by atoms with Crippen molar-refractivity contribution in [2.75, 3.05) is 33.2 Å². The zero-order valence-corrected chi connectivity index (χ0v) is 14.1. The van der Waals surface area contributed by atoms with E-state index in [0.29, 0.717) is 31.2 Å². The van der Waals surface area contributed by atoms with E-state index in [4.69, 9.17) is 4.52 Å². The van der Waals surface area contributed by atoms with Crippen molar-refractivity contribution in [3.8, 4) is 0 Å². The van der Waals surface area contributed by atoms with Gasteiger partial charge in [-0.05, 0) is 19.5 Å². The molecule has 0 aliphatic carbocycles. The number of piperazine rings is 1. The highest BCUT2D eigenvalue weighted by atomic mass is 16.5. The summed E-state index contributed by atoms with van der Waals surface area (Å²) in [6, 6.07) is 10.2. The summed E-state index contributed by atoms with van der Waals surface area (Å²) in [7, 11) is 2.09. The van der Waals surface area contributed by atoms with Gasteiger partial charge in [-0.25, -0.2) is 4.79 Å². The van der Waals surface area contributed by atoms with Crippen molar-refractivity contribution in [2.24, 2.45) is 0 Å². The summed E-state index contributed by atoms with van der Waals surface area (Å²) in [5.41, 5.74) is 1.16. The molecule has 0 bridgehead atoms. The molecule has 24 heavy (non-hydrogen) atoms. The Morgan fingerprint density at radius 2 is 2.12 bits per heavy atom. The lowest BCUT2D eigenvalue weighted by atomic mass is 10.0. The second-order valence-corrected chi connectivity index (χ2v) is 6.10. The van der Waals surface area contributed by atoms with E-state index in [0.717, 1.165) is 18.7 Å². The van der Waals surface area contributed by atoms with Crippen LogP contribution in [0.25, 0.3) is 0 Å². The number of hydrogen-bond donors (Lipinski definition) is 1. The summed E-state index contributed by atoms with van der Waals surface area (Å²) in [6.45, 7) is 4.68. The van der Waals surface area contributed by atoms with Crippen molar-refractivity contribution in [2.45, 2.75) is 19.4 Å². The van der Waals surface area contributed by atoms with E-state index < -0.39 is 0 Å². The standard InChI is InChI=1S/C17H23N5O2/c1-13-19-16(24-20-13)8-9-18-17(23)22-11-10-21(2)12-15(22)14-6-4-3-5-7-14/h3-7,15H,8-12H2,1-2H3,(H,18,23). The first-order chi connectivity index (χ1) is 11.6. The van der Waals surface area contributed by atoms with E-state index in [2.05, 4.69) is 39.5 Å². The zero-order chi connectivity index (χ0) is 16.9. The summed E-state index contributed by atoms with van der Waals surface area (Å²) in [4.78, 5) is 20.9. The highest BCUT2D eigenvalue weighted by Gasteiger charge is 2.29. The van der Waals surface area contributed by atoms with Crippen LogP contribution in [0.5, 0.6) is 0 Å². The van der Waals surface area contributed by atoms with Gasteiger partial charge in [0.25, 0.3) is 0 Å². The van der Waals surface area contributed by atoms with Crippen LogP contribution in [0.4, 0.5) is 4.79 Å². The molecule has 7 nitrogen and oxygen atoms in total. The molecule has 0 spiro atoms. The second kappa shape index (κ2) is 7.44. The fourth-order valence-corrected chi connectivity index (χ4v) is 2.94. The minimum absolute atomic E-state index is 0.0480. The molecule has 128 valence electrons. The minimum Gasteiger partial charge on any atom is -0.339 e. The van der Waals surface area contributed by atoms with Crippen LogP contribution in [0.3, 0.4) is 0 Å². The molecular formula is C17H23N5O2. The van der Waals surface area contributed by atoms with Crippen LogP contribution < -0.4 is 5.32 Å². The van der Waals surface area contributed by atoms with Crippen LogP contribution in [0.15, 0.2) is 34.9 Å². The number of nitrogens with zero attached hydrogens (tertiary/aromatic N) is 4. The lowest BCUT2D eigenvalue weighted by Crippen LogP contribution is -2.52. The molecule has 1 atom stereocenters. The normalized spacial score (nSPS) is 18.6. The first kappa shape index (κ1) is 16.4. The molecule has 0 saturated carbocycles. The first-order valence-electron chi connectivity index (χ1n) is 8.20. The highest BCUT2D eigenvalue weighted by molar-refractivity contribution is 5.75. The Balaban J connectivity index is 1.61. The number of aromatic nitrogens is 2. The van der Waals surface area contributed by atoms with Crippen molar-refractivity contribution in [1.29, 1.82) is 0 Å². The molecule has 3 rings (SSSR count). The lowest BCUT2D eigenvalue weighted by Gasteiger charge is -2.40. The Hall–Kier alpha value is -2.41. The summed E-state index contributed by atoms with van der Waals surface area (Å²) >= 11 is 0. The third kappa shape index (κ3) is 3.91. The second-order valence-electron chi connectivity index (χ2n) is 6.10. The molecule has 2 heterocycles. The Bertz CT molecular complexity index is 673. The zero-order valence-electron chi connectivity index (χ0n) is 14.1. The topological polar surface area (TPSA) is 74.5 Å². The van der Waals surface area contributed by atoms with Gasteiger partial charge in [-0.3, -0.25) is 0 Å². The predicted octanol–water partition coefficient (Wildman–Crippen LogP) is 1.62. The quantitative estimate of drug-likeness (QED) is 0.922. The number of urea groups is 1. The maximum atomic E-state index is 12.6. The van der Waals surface area contributed by atoms with Crippen LogP contribution >= 0.6 is 0 Å². The SMILES string of the molecule is Cc1noc(CCNC(=O)N2CCN(C)CC2c2ccccc2)n1. The molecule has 1 saturated heterocycles. The molecule has 2 aromatic rings. The number of likely N-dealkylation sites (N-methyl/N-ethyl adjacent to an activating group) is 1. The number of carbonyl (C=O) groups excluding carboxylic acids is 1. The van der Waals surface area contributed by atoms with Gasteiger partial charge < -0.3 is 19.6 Å². The van der Waals surface area contributed by atoms with E-state index in [1.54, 1.807) is 6.92 Å². The van der Waals surface area contributed by atoms with E-state index in [-0.39, 0.29) is 12.1 Å². The fourth-order valence-electron chi connectivity index (χ4n) is 2.94. The van der Waals surface area contributed by atoms with Crippen LogP contribution in [-0.2, 0) is 6.42 Å². The summed E-state index contributed by atoms with van der Waals surface area (Å²) in [6.07, 6.45) is 0.538. The molecule has 1 aliphatic rings.